The van der Waals surface area contributed by atoms with Gasteiger partial charge in [-0.25, -0.2) is 13.1 Å². The zero-order valence-corrected chi connectivity index (χ0v) is 14.7. The summed E-state index contributed by atoms with van der Waals surface area (Å²) in [6, 6.07) is 2.10. The fourth-order valence-corrected chi connectivity index (χ4v) is 6.23. The van der Waals surface area contributed by atoms with E-state index in [4.69, 9.17) is 0 Å². The van der Waals surface area contributed by atoms with Gasteiger partial charge in [0.25, 0.3) is 0 Å². The third-order valence-electron chi connectivity index (χ3n) is 5.07. The van der Waals surface area contributed by atoms with Crippen molar-refractivity contribution in [1.29, 1.82) is 0 Å². The van der Waals surface area contributed by atoms with Crippen LogP contribution in [0.1, 0.15) is 25.7 Å². The van der Waals surface area contributed by atoms with Crippen LogP contribution in [0.2, 0.25) is 0 Å². The lowest BCUT2D eigenvalue weighted by molar-refractivity contribution is -0.161. The quantitative estimate of drug-likeness (QED) is 0.835. The molecule has 2 amide bonds. The minimum Gasteiger partial charge on any atom is -0.329 e. The van der Waals surface area contributed by atoms with Gasteiger partial charge < -0.3 is 9.80 Å². The molecule has 1 aromatic heterocycles. The van der Waals surface area contributed by atoms with Gasteiger partial charge in [-0.15, -0.1) is 11.3 Å². The Hall–Kier alpha value is -1.45. The van der Waals surface area contributed by atoms with Crippen LogP contribution in [0.5, 0.6) is 0 Å². The second kappa shape index (κ2) is 5.82. The third kappa shape index (κ3) is 2.55. The maximum Gasteiger partial charge on any atom is 0.250 e. The molecule has 9 heteroatoms. The van der Waals surface area contributed by atoms with Crippen molar-refractivity contribution in [2.45, 2.75) is 48.0 Å². The molecule has 0 unspecified atom stereocenters. The lowest BCUT2D eigenvalue weighted by Crippen LogP contribution is -2.66. The van der Waals surface area contributed by atoms with Gasteiger partial charge in [-0.3, -0.25) is 9.59 Å². The summed E-state index contributed by atoms with van der Waals surface area (Å²) in [6.07, 6.45) is 2.48. The van der Waals surface area contributed by atoms with Gasteiger partial charge >= 0.3 is 0 Å². The maximum atomic E-state index is 12.7. The van der Waals surface area contributed by atoms with E-state index in [0.717, 1.165) is 24.2 Å². The van der Waals surface area contributed by atoms with Crippen LogP contribution >= 0.6 is 11.3 Å². The average molecular weight is 369 g/mol. The second-order valence-corrected chi connectivity index (χ2v) is 9.40. The van der Waals surface area contributed by atoms with E-state index in [1.165, 1.54) is 0 Å². The molecule has 0 aliphatic carbocycles. The Morgan fingerprint density at radius 2 is 1.83 bits per heavy atom. The number of hydrogen-bond donors (Lipinski definition) is 1. The summed E-state index contributed by atoms with van der Waals surface area (Å²) in [5.41, 5.74) is 0. The van der Waals surface area contributed by atoms with E-state index in [1.54, 1.807) is 27.3 Å². The molecule has 0 bridgehead atoms. The first kappa shape index (κ1) is 16.0. The highest BCUT2D eigenvalue weighted by molar-refractivity contribution is 7.91. The van der Waals surface area contributed by atoms with Crippen molar-refractivity contribution in [3.63, 3.8) is 0 Å². The molecule has 1 N–H and O–H groups in total. The Morgan fingerprint density at radius 1 is 1.08 bits per heavy atom. The molecule has 3 saturated heterocycles. The first-order valence-electron chi connectivity index (χ1n) is 8.14. The van der Waals surface area contributed by atoms with E-state index in [0.29, 0.717) is 25.9 Å². The maximum absolute atomic E-state index is 12.7. The van der Waals surface area contributed by atoms with E-state index in [9.17, 15) is 18.0 Å². The first-order chi connectivity index (χ1) is 11.5. The summed E-state index contributed by atoms with van der Waals surface area (Å²) < 4.78 is 27.7. The average Bonchev–Trinajstić information content (AvgIpc) is 3.23. The fourth-order valence-electron chi connectivity index (χ4n) is 3.93. The highest BCUT2D eigenvalue weighted by atomic mass is 32.2. The molecule has 3 atom stereocenters. The molecule has 3 fully saturated rings. The van der Waals surface area contributed by atoms with Crippen LogP contribution in [0.3, 0.4) is 0 Å². The fraction of sp³-hybridized carbons (Fsp3) is 0.600. The minimum absolute atomic E-state index is 0.0247. The van der Waals surface area contributed by atoms with Crippen molar-refractivity contribution < 1.29 is 18.0 Å². The monoisotopic (exact) mass is 369 g/mol. The van der Waals surface area contributed by atoms with Crippen molar-refractivity contribution in [3.8, 4) is 0 Å². The Labute approximate surface area is 144 Å². The largest absolute Gasteiger partial charge is 0.329 e. The van der Waals surface area contributed by atoms with Crippen LogP contribution in [0.4, 0.5) is 0 Å². The third-order valence-corrected chi connectivity index (χ3v) is 7.99. The number of nitrogens with one attached hydrogen (secondary N) is 1. The standard InChI is InChI=1S/C15H19N3O4S2/c19-14-11-3-1-6-17(11)15(20)12-9-10(5-7-18(12)14)16-24(21,22)13-4-2-8-23-13/h2,4,8,10-12,16H,1,3,5-7,9H2/t10-,11-,12+/m1/s1. The minimum atomic E-state index is -3.56. The summed E-state index contributed by atoms with van der Waals surface area (Å²) in [6.45, 7) is 1.06. The van der Waals surface area contributed by atoms with Crippen LogP contribution in [0.15, 0.2) is 21.7 Å². The molecule has 130 valence electrons. The summed E-state index contributed by atoms with van der Waals surface area (Å²) >= 11 is 1.16. The molecule has 3 aliphatic rings. The van der Waals surface area contributed by atoms with Crippen molar-refractivity contribution >= 4 is 33.2 Å². The van der Waals surface area contributed by atoms with Gasteiger partial charge in [0.1, 0.15) is 16.3 Å². The predicted molar refractivity (Wildman–Crippen MR) is 87.9 cm³/mol. The highest BCUT2D eigenvalue weighted by Crippen LogP contribution is 2.32. The smallest absolute Gasteiger partial charge is 0.250 e. The molecule has 7 nitrogen and oxygen atoms in total. The zero-order valence-electron chi connectivity index (χ0n) is 13.1. The summed E-state index contributed by atoms with van der Waals surface area (Å²) in [5.74, 6) is -0.00575. The van der Waals surface area contributed by atoms with Crippen molar-refractivity contribution in [2.24, 2.45) is 0 Å². The number of carbonyl (C=O) groups excluding carboxylic acids is 2. The second-order valence-electron chi connectivity index (χ2n) is 6.51. The van der Waals surface area contributed by atoms with Gasteiger partial charge in [-0.1, -0.05) is 6.07 Å². The number of thiophene rings is 1. The number of fused-ring (bicyclic) bond motifs is 2. The Kier molecular flexibility index (Phi) is 3.89. The number of piperazine rings is 1. The summed E-state index contributed by atoms with van der Waals surface area (Å²) in [7, 11) is -3.56. The molecular formula is C15H19N3O4S2. The molecule has 4 heterocycles. The van der Waals surface area contributed by atoms with E-state index in [2.05, 4.69) is 4.72 Å². The predicted octanol–water partition coefficient (Wildman–Crippen LogP) is 0.391. The SMILES string of the molecule is O=C1[C@@H]2C[C@H](NS(=O)(=O)c3cccs3)CCN2C(=O)[C@H]2CCCN12. The highest BCUT2D eigenvalue weighted by Gasteiger charge is 2.49. The normalized spacial score (nSPS) is 30.4. The Morgan fingerprint density at radius 3 is 2.58 bits per heavy atom. The van der Waals surface area contributed by atoms with Crippen molar-refractivity contribution in [3.05, 3.63) is 17.5 Å². The topological polar surface area (TPSA) is 86.8 Å². The molecule has 0 radical (unpaired) electrons. The molecule has 24 heavy (non-hydrogen) atoms. The Bertz CT molecular complexity index is 762. The van der Waals surface area contributed by atoms with Crippen LogP contribution in [-0.4, -0.2) is 61.2 Å². The van der Waals surface area contributed by atoms with E-state index in [-0.39, 0.29) is 28.1 Å². The molecular weight excluding hydrogens is 350 g/mol. The Balaban J connectivity index is 1.51. The molecule has 0 spiro atoms. The van der Waals surface area contributed by atoms with Gasteiger partial charge in [0.05, 0.1) is 0 Å². The van der Waals surface area contributed by atoms with Gasteiger partial charge in [0.15, 0.2) is 0 Å². The van der Waals surface area contributed by atoms with Crippen LogP contribution < -0.4 is 4.72 Å². The number of hydrogen-bond acceptors (Lipinski definition) is 5. The summed E-state index contributed by atoms with van der Waals surface area (Å²) in [5, 5.41) is 1.72. The van der Waals surface area contributed by atoms with Gasteiger partial charge in [-0.05, 0) is 37.1 Å². The number of piperidine rings is 1. The van der Waals surface area contributed by atoms with Gasteiger partial charge in [0.2, 0.25) is 21.8 Å². The number of amides is 2. The van der Waals surface area contributed by atoms with E-state index < -0.39 is 16.1 Å². The van der Waals surface area contributed by atoms with E-state index >= 15 is 0 Å². The van der Waals surface area contributed by atoms with Crippen LogP contribution in [-0.2, 0) is 19.6 Å². The zero-order chi connectivity index (χ0) is 16.9. The molecule has 0 aromatic carbocycles. The van der Waals surface area contributed by atoms with E-state index in [1.807, 2.05) is 0 Å². The molecule has 4 rings (SSSR count). The van der Waals surface area contributed by atoms with Crippen molar-refractivity contribution in [2.75, 3.05) is 13.1 Å². The van der Waals surface area contributed by atoms with Crippen LogP contribution in [0, 0.1) is 0 Å². The molecule has 1 aromatic rings. The number of nitrogens with zero attached hydrogens (tertiary/aromatic N) is 2. The summed E-state index contributed by atoms with van der Waals surface area (Å²) in [4.78, 5) is 28.6. The number of sulfonamides is 1. The molecule has 0 saturated carbocycles. The van der Waals surface area contributed by atoms with Gasteiger partial charge in [-0.2, -0.15) is 0 Å². The van der Waals surface area contributed by atoms with Gasteiger partial charge in [0, 0.05) is 19.1 Å². The number of carbonyl (C=O) groups is 2. The lowest BCUT2D eigenvalue weighted by Gasteiger charge is -2.46. The molecule has 3 aliphatic heterocycles. The first-order valence-corrected chi connectivity index (χ1v) is 10.5. The lowest BCUT2D eigenvalue weighted by atomic mass is 9.93. The number of rotatable bonds is 3. The van der Waals surface area contributed by atoms with Crippen LogP contribution in [0.25, 0.3) is 0 Å². The van der Waals surface area contributed by atoms with Crippen molar-refractivity contribution in [1.82, 2.24) is 14.5 Å².